The van der Waals surface area contributed by atoms with Crippen molar-refractivity contribution in [3.63, 3.8) is 0 Å². The molecule has 25 heavy (non-hydrogen) atoms. The van der Waals surface area contributed by atoms with Crippen molar-refractivity contribution in [1.82, 2.24) is 15.0 Å². The van der Waals surface area contributed by atoms with Gasteiger partial charge in [-0.15, -0.1) is 0 Å². The topological polar surface area (TPSA) is 60.6 Å². The minimum atomic E-state index is -0.290. The molecule has 1 aromatic heterocycles. The van der Waals surface area contributed by atoms with Gasteiger partial charge in [0.1, 0.15) is 11.6 Å². The Hall–Kier alpha value is -1.99. The largest absolute Gasteiger partial charge is 0.485 e. The molecule has 1 atom stereocenters. The molecule has 2 aromatic rings. The SMILES string of the molecule is Fc1ccc(OCc2noc(CN(C[C@H]3CCOC3)C3CC3)n2)cc1. The van der Waals surface area contributed by atoms with E-state index >= 15 is 0 Å². The Bertz CT molecular complexity index is 681. The molecule has 0 bridgehead atoms. The number of halogens is 1. The maximum Gasteiger partial charge on any atom is 0.240 e. The van der Waals surface area contributed by atoms with E-state index in [0.717, 1.165) is 26.2 Å². The first-order valence-electron chi connectivity index (χ1n) is 8.78. The van der Waals surface area contributed by atoms with Crippen LogP contribution in [0.2, 0.25) is 0 Å². The van der Waals surface area contributed by atoms with Crippen LogP contribution < -0.4 is 4.74 Å². The Labute approximate surface area is 145 Å². The average molecular weight is 347 g/mol. The summed E-state index contributed by atoms with van der Waals surface area (Å²) in [7, 11) is 0. The molecule has 0 spiro atoms. The molecule has 1 aliphatic heterocycles. The average Bonchev–Trinajstić information content (AvgIpc) is 3.16. The van der Waals surface area contributed by atoms with E-state index < -0.39 is 0 Å². The molecule has 7 heteroatoms. The first-order chi connectivity index (χ1) is 12.3. The van der Waals surface area contributed by atoms with E-state index in [4.69, 9.17) is 14.0 Å². The fourth-order valence-corrected chi connectivity index (χ4v) is 3.11. The van der Waals surface area contributed by atoms with Crippen molar-refractivity contribution >= 4 is 0 Å². The van der Waals surface area contributed by atoms with E-state index in [-0.39, 0.29) is 12.4 Å². The summed E-state index contributed by atoms with van der Waals surface area (Å²) in [5.74, 6) is 2.00. The Morgan fingerprint density at radius 1 is 1.20 bits per heavy atom. The third-order valence-electron chi connectivity index (χ3n) is 4.61. The Kier molecular flexibility index (Phi) is 4.94. The second-order valence-corrected chi connectivity index (χ2v) is 6.74. The van der Waals surface area contributed by atoms with Gasteiger partial charge in [0.25, 0.3) is 0 Å². The van der Waals surface area contributed by atoms with Crippen LogP contribution >= 0.6 is 0 Å². The zero-order valence-corrected chi connectivity index (χ0v) is 14.1. The Morgan fingerprint density at radius 2 is 2.04 bits per heavy atom. The molecule has 0 unspecified atom stereocenters. The third kappa shape index (κ3) is 4.55. The van der Waals surface area contributed by atoms with Crippen molar-refractivity contribution in [2.45, 2.75) is 38.5 Å². The van der Waals surface area contributed by atoms with Gasteiger partial charge in [-0.05, 0) is 49.4 Å². The van der Waals surface area contributed by atoms with E-state index in [9.17, 15) is 4.39 Å². The van der Waals surface area contributed by atoms with Crippen LogP contribution in [-0.2, 0) is 17.9 Å². The molecule has 4 rings (SSSR count). The highest BCUT2D eigenvalue weighted by molar-refractivity contribution is 5.22. The smallest absolute Gasteiger partial charge is 0.240 e. The van der Waals surface area contributed by atoms with E-state index in [1.807, 2.05) is 0 Å². The predicted octanol–water partition coefficient (Wildman–Crippen LogP) is 2.79. The number of ether oxygens (including phenoxy) is 2. The van der Waals surface area contributed by atoms with Crippen molar-refractivity contribution in [2.24, 2.45) is 5.92 Å². The molecule has 2 heterocycles. The molecule has 0 radical (unpaired) electrons. The van der Waals surface area contributed by atoms with E-state index in [0.29, 0.717) is 36.0 Å². The van der Waals surface area contributed by atoms with Gasteiger partial charge in [-0.3, -0.25) is 4.90 Å². The summed E-state index contributed by atoms with van der Waals surface area (Å²) < 4.78 is 29.3. The molecule has 2 fully saturated rings. The number of hydrogen-bond donors (Lipinski definition) is 0. The lowest BCUT2D eigenvalue weighted by molar-refractivity contribution is 0.153. The Balaban J connectivity index is 1.31. The second kappa shape index (κ2) is 7.49. The number of benzene rings is 1. The number of rotatable bonds is 8. The molecule has 2 aliphatic rings. The minimum absolute atomic E-state index is 0.203. The summed E-state index contributed by atoms with van der Waals surface area (Å²) in [4.78, 5) is 6.85. The molecule has 1 aromatic carbocycles. The maximum atomic E-state index is 12.9. The van der Waals surface area contributed by atoms with Crippen LogP contribution in [0.15, 0.2) is 28.8 Å². The van der Waals surface area contributed by atoms with Crippen LogP contribution in [0.3, 0.4) is 0 Å². The number of nitrogens with zero attached hydrogens (tertiary/aromatic N) is 3. The fourth-order valence-electron chi connectivity index (χ4n) is 3.11. The first kappa shape index (κ1) is 16.5. The van der Waals surface area contributed by atoms with Crippen LogP contribution in [-0.4, -0.2) is 40.8 Å². The second-order valence-electron chi connectivity index (χ2n) is 6.74. The van der Waals surface area contributed by atoms with Crippen molar-refractivity contribution < 1.29 is 18.4 Å². The molecule has 1 aliphatic carbocycles. The zero-order valence-electron chi connectivity index (χ0n) is 14.1. The van der Waals surface area contributed by atoms with Crippen molar-refractivity contribution in [3.05, 3.63) is 41.8 Å². The van der Waals surface area contributed by atoms with Gasteiger partial charge in [-0.1, -0.05) is 5.16 Å². The highest BCUT2D eigenvalue weighted by Gasteiger charge is 2.32. The lowest BCUT2D eigenvalue weighted by Crippen LogP contribution is -2.31. The summed E-state index contributed by atoms with van der Waals surface area (Å²) in [6.07, 6.45) is 3.61. The highest BCUT2D eigenvalue weighted by Crippen LogP contribution is 2.30. The molecule has 0 amide bonds. The third-order valence-corrected chi connectivity index (χ3v) is 4.61. The predicted molar refractivity (Wildman–Crippen MR) is 87.4 cm³/mol. The fraction of sp³-hybridized carbons (Fsp3) is 0.556. The molecule has 134 valence electrons. The quantitative estimate of drug-likeness (QED) is 0.732. The van der Waals surface area contributed by atoms with Gasteiger partial charge in [0.15, 0.2) is 6.61 Å². The van der Waals surface area contributed by atoms with Gasteiger partial charge in [0, 0.05) is 19.2 Å². The maximum absolute atomic E-state index is 12.9. The lowest BCUT2D eigenvalue weighted by Gasteiger charge is -2.22. The summed E-state index contributed by atoms with van der Waals surface area (Å²) in [6, 6.07) is 6.50. The zero-order chi connectivity index (χ0) is 17.1. The van der Waals surface area contributed by atoms with Gasteiger partial charge in [0.05, 0.1) is 13.2 Å². The molecular weight excluding hydrogens is 325 g/mol. The highest BCUT2D eigenvalue weighted by atomic mass is 19.1. The van der Waals surface area contributed by atoms with E-state index in [1.54, 1.807) is 12.1 Å². The van der Waals surface area contributed by atoms with Crippen molar-refractivity contribution in [3.8, 4) is 5.75 Å². The van der Waals surface area contributed by atoms with Gasteiger partial charge < -0.3 is 14.0 Å². The molecule has 1 saturated heterocycles. The van der Waals surface area contributed by atoms with Gasteiger partial charge >= 0.3 is 0 Å². The van der Waals surface area contributed by atoms with Crippen LogP contribution in [0.1, 0.15) is 31.0 Å². The van der Waals surface area contributed by atoms with Crippen LogP contribution in [0.25, 0.3) is 0 Å². The van der Waals surface area contributed by atoms with Crippen LogP contribution in [0.4, 0.5) is 4.39 Å². The summed E-state index contributed by atoms with van der Waals surface area (Å²) in [5, 5.41) is 3.98. The van der Waals surface area contributed by atoms with Gasteiger partial charge in [-0.2, -0.15) is 4.98 Å². The minimum Gasteiger partial charge on any atom is -0.485 e. The normalized spacial score (nSPS) is 20.3. The molecule has 6 nitrogen and oxygen atoms in total. The van der Waals surface area contributed by atoms with E-state index in [2.05, 4.69) is 15.0 Å². The van der Waals surface area contributed by atoms with Crippen molar-refractivity contribution in [1.29, 1.82) is 0 Å². The number of aromatic nitrogens is 2. The monoisotopic (exact) mass is 347 g/mol. The number of hydrogen-bond acceptors (Lipinski definition) is 6. The lowest BCUT2D eigenvalue weighted by atomic mass is 10.1. The summed E-state index contributed by atoms with van der Waals surface area (Å²) in [5.41, 5.74) is 0. The van der Waals surface area contributed by atoms with Crippen LogP contribution in [0.5, 0.6) is 5.75 Å². The van der Waals surface area contributed by atoms with Crippen molar-refractivity contribution in [2.75, 3.05) is 19.8 Å². The van der Waals surface area contributed by atoms with Crippen LogP contribution in [0, 0.1) is 11.7 Å². The van der Waals surface area contributed by atoms with Gasteiger partial charge in [0.2, 0.25) is 11.7 Å². The van der Waals surface area contributed by atoms with Gasteiger partial charge in [-0.25, -0.2) is 4.39 Å². The molecular formula is C18H22FN3O3. The first-order valence-corrected chi connectivity index (χ1v) is 8.78. The summed E-state index contributed by atoms with van der Waals surface area (Å²) in [6.45, 7) is 3.62. The standard InChI is InChI=1S/C18H22FN3O3/c19-14-1-5-16(6-2-14)24-12-17-20-18(25-21-17)10-22(15-3-4-15)9-13-7-8-23-11-13/h1-2,5-6,13,15H,3-4,7-12H2/t13-/m1/s1. The molecule has 1 saturated carbocycles. The summed E-state index contributed by atoms with van der Waals surface area (Å²) >= 11 is 0. The Morgan fingerprint density at radius 3 is 2.76 bits per heavy atom. The molecule has 0 N–H and O–H groups in total. The van der Waals surface area contributed by atoms with E-state index in [1.165, 1.54) is 25.0 Å².